The van der Waals surface area contributed by atoms with E-state index in [0.717, 1.165) is 22.8 Å². The lowest BCUT2D eigenvalue weighted by Crippen LogP contribution is -2.18. The molecule has 24 heavy (non-hydrogen) atoms. The lowest BCUT2D eigenvalue weighted by molar-refractivity contribution is -0.115. The number of hydrogen-bond acceptors (Lipinski definition) is 6. The Balaban J connectivity index is 1.89. The van der Waals surface area contributed by atoms with E-state index in [1.165, 1.54) is 11.3 Å². The van der Waals surface area contributed by atoms with Crippen LogP contribution in [0, 0.1) is 0 Å². The van der Waals surface area contributed by atoms with E-state index in [9.17, 15) is 4.79 Å². The molecule has 0 bridgehead atoms. The normalized spacial score (nSPS) is 10.5. The lowest BCUT2D eigenvalue weighted by Gasteiger charge is -2.14. The molecular weight excluding hydrogens is 324 g/mol. The molecule has 0 radical (unpaired) electrons. The van der Waals surface area contributed by atoms with Gasteiger partial charge in [-0.15, -0.1) is 0 Å². The van der Waals surface area contributed by atoms with E-state index < -0.39 is 0 Å². The molecule has 2 N–H and O–H groups in total. The number of carbonyl (C=O) groups is 1. The molecule has 130 valence electrons. The van der Waals surface area contributed by atoms with E-state index >= 15 is 0 Å². The minimum atomic E-state index is -0.0773. The third kappa shape index (κ3) is 5.21. The van der Waals surface area contributed by atoms with Crippen molar-refractivity contribution in [3.8, 4) is 0 Å². The highest BCUT2D eigenvalue weighted by molar-refractivity contribution is 7.19. The van der Waals surface area contributed by atoms with Crippen LogP contribution in [0.4, 0.5) is 15.8 Å². The van der Waals surface area contributed by atoms with E-state index in [1.807, 2.05) is 55.2 Å². The van der Waals surface area contributed by atoms with Crippen molar-refractivity contribution in [3.63, 3.8) is 0 Å². The first kappa shape index (κ1) is 18.2. The van der Waals surface area contributed by atoms with Crippen LogP contribution >= 0.6 is 11.3 Å². The quantitative estimate of drug-likeness (QED) is 0.765. The Bertz CT molecular complexity index is 655. The summed E-state index contributed by atoms with van der Waals surface area (Å²) in [6.45, 7) is 0.920. The molecule has 0 spiro atoms. The topological polar surface area (TPSA) is 68.7 Å². The minimum absolute atomic E-state index is 0.0773. The Hall–Kier alpha value is -2.12. The van der Waals surface area contributed by atoms with Crippen molar-refractivity contribution in [1.29, 1.82) is 0 Å². The molecule has 0 fully saturated rings. The zero-order valence-corrected chi connectivity index (χ0v) is 15.1. The summed E-state index contributed by atoms with van der Waals surface area (Å²) in [7, 11) is 5.92. The third-order valence-corrected chi connectivity index (χ3v) is 4.61. The molecule has 7 heteroatoms. The van der Waals surface area contributed by atoms with Gasteiger partial charge in [-0.2, -0.15) is 0 Å². The van der Waals surface area contributed by atoms with Crippen molar-refractivity contribution >= 4 is 33.1 Å². The highest BCUT2D eigenvalue weighted by atomic mass is 32.1. The summed E-state index contributed by atoms with van der Waals surface area (Å²) in [5.41, 5.74) is 2.07. The highest BCUT2D eigenvalue weighted by Gasteiger charge is 2.10. The largest absolute Gasteiger partial charge is 0.396 e. The average Bonchev–Trinajstić information content (AvgIpc) is 3.01. The first-order chi connectivity index (χ1) is 11.5. The number of carbonyl (C=O) groups excluding carboxylic acids is 1. The monoisotopic (exact) mass is 348 g/mol. The molecule has 0 aliphatic rings. The SMILES string of the molecule is CN(C)c1ccc(CC(=O)Nc2ncc(N(C)CCCO)s2)cc1. The zero-order chi connectivity index (χ0) is 17.5. The van der Waals surface area contributed by atoms with E-state index in [2.05, 4.69) is 10.3 Å². The van der Waals surface area contributed by atoms with E-state index in [1.54, 1.807) is 6.20 Å². The van der Waals surface area contributed by atoms with Crippen molar-refractivity contribution in [1.82, 2.24) is 4.98 Å². The number of rotatable bonds is 8. The molecule has 0 unspecified atom stereocenters. The molecule has 0 aliphatic carbocycles. The summed E-state index contributed by atoms with van der Waals surface area (Å²) in [6, 6.07) is 7.93. The molecule has 6 nitrogen and oxygen atoms in total. The van der Waals surface area contributed by atoms with Gasteiger partial charge in [0, 0.05) is 40.0 Å². The van der Waals surface area contributed by atoms with Gasteiger partial charge in [0.2, 0.25) is 5.91 Å². The van der Waals surface area contributed by atoms with Crippen molar-refractivity contribution in [2.45, 2.75) is 12.8 Å². The number of nitrogens with zero attached hydrogens (tertiary/aromatic N) is 3. The van der Waals surface area contributed by atoms with Gasteiger partial charge in [-0.1, -0.05) is 23.5 Å². The van der Waals surface area contributed by atoms with Crippen LogP contribution in [0.15, 0.2) is 30.5 Å². The van der Waals surface area contributed by atoms with Gasteiger partial charge in [0.05, 0.1) is 12.6 Å². The van der Waals surface area contributed by atoms with Gasteiger partial charge in [-0.25, -0.2) is 4.98 Å². The van der Waals surface area contributed by atoms with Gasteiger partial charge in [-0.05, 0) is 24.1 Å². The van der Waals surface area contributed by atoms with Crippen molar-refractivity contribution in [2.24, 2.45) is 0 Å². The Labute approximate surface area is 146 Å². The maximum atomic E-state index is 12.2. The maximum Gasteiger partial charge on any atom is 0.230 e. The third-order valence-electron chi connectivity index (χ3n) is 3.59. The second kappa shape index (κ2) is 8.65. The molecule has 2 rings (SSSR count). The Morgan fingerprint density at radius 3 is 2.58 bits per heavy atom. The first-order valence-electron chi connectivity index (χ1n) is 7.83. The fourth-order valence-electron chi connectivity index (χ4n) is 2.18. The summed E-state index contributed by atoms with van der Waals surface area (Å²) in [5, 5.41) is 13.3. The lowest BCUT2D eigenvalue weighted by atomic mass is 10.1. The van der Waals surface area contributed by atoms with Gasteiger partial charge >= 0.3 is 0 Å². The number of amides is 1. The standard InChI is InChI=1S/C17H24N4O2S/c1-20(2)14-7-5-13(6-8-14)11-15(23)19-17-18-12-16(24-17)21(3)9-4-10-22/h5-8,12,22H,4,9-11H2,1-3H3,(H,18,19,23). The molecule has 0 saturated carbocycles. The average molecular weight is 348 g/mol. The number of benzene rings is 1. The smallest absolute Gasteiger partial charge is 0.230 e. The maximum absolute atomic E-state index is 12.2. The number of aliphatic hydroxyl groups is 1. The Morgan fingerprint density at radius 2 is 1.96 bits per heavy atom. The van der Waals surface area contributed by atoms with Crippen LogP contribution in [0.2, 0.25) is 0 Å². The van der Waals surface area contributed by atoms with Crippen LogP contribution in [0.5, 0.6) is 0 Å². The second-order valence-electron chi connectivity index (χ2n) is 5.79. The molecular formula is C17H24N4O2S. The van der Waals surface area contributed by atoms with E-state index in [0.29, 0.717) is 18.0 Å². The number of aliphatic hydroxyl groups excluding tert-OH is 1. The number of aromatic nitrogens is 1. The Kier molecular flexibility index (Phi) is 6.57. The molecule has 1 aromatic carbocycles. The number of hydrogen-bond donors (Lipinski definition) is 2. The fourth-order valence-corrected chi connectivity index (χ4v) is 3.00. The summed E-state index contributed by atoms with van der Waals surface area (Å²) < 4.78 is 0. The Morgan fingerprint density at radius 1 is 1.25 bits per heavy atom. The van der Waals surface area contributed by atoms with E-state index in [-0.39, 0.29) is 12.5 Å². The zero-order valence-electron chi connectivity index (χ0n) is 14.3. The first-order valence-corrected chi connectivity index (χ1v) is 8.65. The van der Waals surface area contributed by atoms with Crippen LogP contribution in [0.3, 0.4) is 0 Å². The van der Waals surface area contributed by atoms with Crippen molar-refractivity contribution in [2.75, 3.05) is 49.4 Å². The van der Waals surface area contributed by atoms with Gasteiger partial charge in [0.15, 0.2) is 5.13 Å². The van der Waals surface area contributed by atoms with Crippen LogP contribution < -0.4 is 15.1 Å². The van der Waals surface area contributed by atoms with Gasteiger partial charge in [0.25, 0.3) is 0 Å². The summed E-state index contributed by atoms with van der Waals surface area (Å²) in [4.78, 5) is 20.4. The molecule has 0 aliphatic heterocycles. The van der Waals surface area contributed by atoms with Gasteiger partial charge in [0.1, 0.15) is 5.00 Å². The van der Waals surface area contributed by atoms with Crippen LogP contribution in [0.1, 0.15) is 12.0 Å². The number of nitrogens with one attached hydrogen (secondary N) is 1. The van der Waals surface area contributed by atoms with Crippen LogP contribution in [-0.4, -0.2) is 50.3 Å². The predicted octanol–water partition coefficient (Wildman–Crippen LogP) is 2.21. The molecule has 0 saturated heterocycles. The fraction of sp³-hybridized carbons (Fsp3) is 0.412. The molecule has 1 heterocycles. The molecule has 1 amide bonds. The summed E-state index contributed by atoms with van der Waals surface area (Å²) in [5.74, 6) is -0.0773. The number of thiazole rings is 1. The molecule has 2 aromatic rings. The van der Waals surface area contributed by atoms with Crippen LogP contribution in [0.25, 0.3) is 0 Å². The number of anilines is 3. The molecule has 0 atom stereocenters. The molecule has 1 aromatic heterocycles. The second-order valence-corrected chi connectivity index (χ2v) is 6.80. The van der Waals surface area contributed by atoms with Gasteiger partial charge in [-0.3, -0.25) is 4.79 Å². The summed E-state index contributed by atoms with van der Waals surface area (Å²) >= 11 is 1.43. The predicted molar refractivity (Wildman–Crippen MR) is 100 cm³/mol. The van der Waals surface area contributed by atoms with Crippen molar-refractivity contribution in [3.05, 3.63) is 36.0 Å². The van der Waals surface area contributed by atoms with Crippen LogP contribution in [-0.2, 0) is 11.2 Å². The highest BCUT2D eigenvalue weighted by Crippen LogP contribution is 2.26. The van der Waals surface area contributed by atoms with Gasteiger partial charge < -0.3 is 20.2 Å². The van der Waals surface area contributed by atoms with Crippen molar-refractivity contribution < 1.29 is 9.90 Å². The minimum Gasteiger partial charge on any atom is -0.396 e. The summed E-state index contributed by atoms with van der Waals surface area (Å²) in [6.07, 6.45) is 2.77. The van der Waals surface area contributed by atoms with E-state index in [4.69, 9.17) is 5.11 Å².